The molecule has 1 aromatic heterocycles. The van der Waals surface area contributed by atoms with Crippen molar-refractivity contribution in [3.8, 4) is 5.75 Å². The van der Waals surface area contributed by atoms with Crippen molar-refractivity contribution in [1.29, 1.82) is 0 Å². The first-order valence-electron chi connectivity index (χ1n) is 11.6. The van der Waals surface area contributed by atoms with Gasteiger partial charge in [-0.2, -0.15) is 0 Å². The lowest BCUT2D eigenvalue weighted by atomic mass is 9.96. The van der Waals surface area contributed by atoms with Gasteiger partial charge in [-0.1, -0.05) is 77.5 Å². The van der Waals surface area contributed by atoms with Gasteiger partial charge in [0.05, 0.1) is 29.0 Å². The Hall–Kier alpha value is -3.94. The number of aromatic nitrogens is 1. The number of esters is 1. The number of fused-ring (bicyclic) bond motifs is 1. The van der Waals surface area contributed by atoms with E-state index < -0.39 is 12.0 Å². The number of ether oxygens (including phenoxy) is 2. The van der Waals surface area contributed by atoms with Crippen molar-refractivity contribution < 1.29 is 14.3 Å². The fourth-order valence-electron chi connectivity index (χ4n) is 4.24. The number of methoxy groups -OCH3 is 1. The van der Waals surface area contributed by atoms with Gasteiger partial charge in [-0.3, -0.25) is 9.36 Å². The minimum absolute atomic E-state index is 0.223. The van der Waals surface area contributed by atoms with E-state index in [1.807, 2.05) is 84.9 Å². The van der Waals surface area contributed by atoms with Crippen LogP contribution >= 0.6 is 22.9 Å². The van der Waals surface area contributed by atoms with Gasteiger partial charge in [-0.25, -0.2) is 9.79 Å². The Morgan fingerprint density at radius 1 is 1.08 bits per heavy atom. The minimum Gasteiger partial charge on any atom is -0.489 e. The second-order valence-electron chi connectivity index (χ2n) is 8.47. The van der Waals surface area contributed by atoms with Crippen LogP contribution in [0.1, 0.15) is 29.7 Å². The summed E-state index contributed by atoms with van der Waals surface area (Å²) in [6.45, 7) is 2.16. The second-order valence-corrected chi connectivity index (χ2v) is 9.92. The first-order valence-corrected chi connectivity index (χ1v) is 12.8. The molecule has 0 spiro atoms. The van der Waals surface area contributed by atoms with Crippen LogP contribution in [0, 0.1) is 0 Å². The molecule has 4 aromatic rings. The van der Waals surface area contributed by atoms with E-state index in [0.29, 0.717) is 38.0 Å². The number of nitrogens with zero attached hydrogens (tertiary/aromatic N) is 2. The van der Waals surface area contributed by atoms with E-state index in [0.717, 1.165) is 16.7 Å². The van der Waals surface area contributed by atoms with Gasteiger partial charge in [0.25, 0.3) is 5.56 Å². The lowest BCUT2D eigenvalue weighted by molar-refractivity contribution is -0.136. The van der Waals surface area contributed by atoms with Gasteiger partial charge < -0.3 is 9.47 Å². The fraction of sp³-hybridized carbons (Fsp3) is 0.138. The maximum Gasteiger partial charge on any atom is 0.338 e. The summed E-state index contributed by atoms with van der Waals surface area (Å²) >= 11 is 7.24. The third kappa shape index (κ3) is 5.14. The molecule has 0 saturated heterocycles. The Bertz CT molecular complexity index is 1670. The summed E-state index contributed by atoms with van der Waals surface area (Å²) in [4.78, 5) is 31.5. The lowest BCUT2D eigenvalue weighted by Crippen LogP contribution is -2.39. The number of benzene rings is 3. The van der Waals surface area contributed by atoms with Gasteiger partial charge >= 0.3 is 5.97 Å². The minimum atomic E-state index is -0.624. The van der Waals surface area contributed by atoms with E-state index in [9.17, 15) is 9.59 Å². The number of hydrogen-bond donors (Lipinski definition) is 0. The summed E-state index contributed by atoms with van der Waals surface area (Å²) in [6.07, 6.45) is 1.82. The molecule has 8 heteroatoms. The van der Waals surface area contributed by atoms with Crippen LogP contribution in [0.15, 0.2) is 99.9 Å². The standard InChI is InChI=1S/C29H23ClN2O4S/c1-18-25(28(34)35-2)26(21-8-4-3-5-9-21)32-27(33)24(37-29(32)31-18)16-20-7-6-10-23(15-20)36-17-19-11-13-22(30)14-12-19/h3-16,26H,17H2,1-2H3/b24-16-/t26-/m0/s1. The highest BCUT2D eigenvalue weighted by Gasteiger charge is 2.32. The number of halogens is 1. The molecule has 0 amide bonds. The Kier molecular flexibility index (Phi) is 7.08. The van der Waals surface area contributed by atoms with Crippen molar-refractivity contribution in [2.24, 2.45) is 4.99 Å². The number of hydrogen-bond acceptors (Lipinski definition) is 6. The molecule has 1 aliphatic rings. The molecule has 37 heavy (non-hydrogen) atoms. The van der Waals surface area contributed by atoms with Gasteiger partial charge in [0.2, 0.25) is 0 Å². The van der Waals surface area contributed by atoms with Crippen molar-refractivity contribution in [2.75, 3.05) is 7.11 Å². The molecule has 0 bridgehead atoms. The number of carbonyl (C=O) groups is 1. The Morgan fingerprint density at radius 3 is 2.57 bits per heavy atom. The Morgan fingerprint density at radius 2 is 1.84 bits per heavy atom. The van der Waals surface area contributed by atoms with Crippen LogP contribution in [0.2, 0.25) is 5.02 Å². The van der Waals surface area contributed by atoms with Crippen LogP contribution in [0.25, 0.3) is 6.08 Å². The molecule has 1 aliphatic heterocycles. The molecule has 0 aliphatic carbocycles. The van der Waals surface area contributed by atoms with Gasteiger partial charge in [0, 0.05) is 5.02 Å². The van der Waals surface area contributed by atoms with Crippen LogP contribution in [-0.2, 0) is 16.1 Å². The summed E-state index contributed by atoms with van der Waals surface area (Å²) < 4.78 is 13.1. The van der Waals surface area contributed by atoms with E-state index in [4.69, 9.17) is 21.1 Å². The monoisotopic (exact) mass is 530 g/mol. The van der Waals surface area contributed by atoms with Crippen molar-refractivity contribution >= 4 is 35.0 Å². The smallest absolute Gasteiger partial charge is 0.338 e. The molecule has 0 fully saturated rings. The predicted octanol–water partition coefficient (Wildman–Crippen LogP) is 4.64. The van der Waals surface area contributed by atoms with Gasteiger partial charge in [0.1, 0.15) is 12.4 Å². The molecular weight excluding hydrogens is 508 g/mol. The fourth-order valence-corrected chi connectivity index (χ4v) is 5.41. The van der Waals surface area contributed by atoms with Crippen molar-refractivity contribution in [1.82, 2.24) is 4.57 Å². The average molecular weight is 531 g/mol. The molecule has 1 atom stereocenters. The number of allylic oxidation sites excluding steroid dienone is 1. The van der Waals surface area contributed by atoms with E-state index in [-0.39, 0.29) is 5.56 Å². The summed E-state index contributed by atoms with van der Waals surface area (Å²) in [7, 11) is 1.33. The van der Waals surface area contributed by atoms with Gasteiger partial charge in [-0.15, -0.1) is 0 Å². The van der Waals surface area contributed by atoms with Crippen molar-refractivity contribution in [3.63, 3.8) is 0 Å². The molecule has 5 rings (SSSR count). The lowest BCUT2D eigenvalue weighted by Gasteiger charge is -2.24. The predicted molar refractivity (Wildman–Crippen MR) is 144 cm³/mol. The average Bonchev–Trinajstić information content (AvgIpc) is 3.21. The normalized spacial score (nSPS) is 15.2. The molecule has 0 radical (unpaired) electrons. The van der Waals surface area contributed by atoms with Crippen LogP contribution in [0.4, 0.5) is 0 Å². The van der Waals surface area contributed by atoms with Crippen molar-refractivity contribution in [2.45, 2.75) is 19.6 Å². The second kappa shape index (κ2) is 10.6. The molecule has 0 saturated carbocycles. The highest BCUT2D eigenvalue weighted by molar-refractivity contribution is 7.07. The Balaban J connectivity index is 1.53. The quantitative estimate of drug-likeness (QED) is 0.341. The Labute approximate surface area is 222 Å². The summed E-state index contributed by atoms with van der Waals surface area (Å²) in [5, 5.41) is 0.676. The molecule has 0 N–H and O–H groups in total. The van der Waals surface area contributed by atoms with Crippen LogP contribution < -0.4 is 19.6 Å². The van der Waals surface area contributed by atoms with Crippen LogP contribution in [-0.4, -0.2) is 17.6 Å². The zero-order valence-corrected chi connectivity index (χ0v) is 21.8. The molecule has 2 heterocycles. The van der Waals surface area contributed by atoms with Crippen molar-refractivity contribution in [3.05, 3.63) is 132 Å². The number of carbonyl (C=O) groups excluding carboxylic acids is 1. The third-order valence-electron chi connectivity index (χ3n) is 6.02. The van der Waals surface area contributed by atoms with E-state index in [1.54, 1.807) is 11.5 Å². The maximum atomic E-state index is 13.7. The van der Waals surface area contributed by atoms with Gasteiger partial charge in [0.15, 0.2) is 4.80 Å². The summed E-state index contributed by atoms with van der Waals surface area (Å²) in [5.41, 5.74) is 3.29. The zero-order valence-electron chi connectivity index (χ0n) is 20.2. The third-order valence-corrected chi connectivity index (χ3v) is 7.25. The molecular formula is C29H23ClN2O4S. The molecule has 0 unspecified atom stereocenters. The molecule has 3 aromatic carbocycles. The van der Waals surface area contributed by atoms with E-state index in [2.05, 4.69) is 4.99 Å². The highest BCUT2D eigenvalue weighted by atomic mass is 35.5. The first-order chi connectivity index (χ1) is 17.9. The molecule has 6 nitrogen and oxygen atoms in total. The highest BCUT2D eigenvalue weighted by Crippen LogP contribution is 2.30. The number of thiazole rings is 1. The summed E-state index contributed by atoms with van der Waals surface area (Å²) in [5.74, 6) is 0.178. The maximum absolute atomic E-state index is 13.7. The SMILES string of the molecule is COC(=O)C1=C(C)N=c2s/c(=C\c3cccc(OCc4ccc(Cl)cc4)c3)c(=O)n2[C@H]1c1ccccc1. The number of rotatable bonds is 6. The zero-order chi connectivity index (χ0) is 25.9. The first kappa shape index (κ1) is 24.7. The molecule has 186 valence electrons. The largest absolute Gasteiger partial charge is 0.489 e. The van der Waals surface area contributed by atoms with E-state index in [1.165, 1.54) is 18.4 Å². The van der Waals surface area contributed by atoms with Crippen LogP contribution in [0.5, 0.6) is 5.75 Å². The topological polar surface area (TPSA) is 69.9 Å². The summed E-state index contributed by atoms with van der Waals surface area (Å²) in [6, 6.07) is 23.8. The van der Waals surface area contributed by atoms with E-state index >= 15 is 0 Å². The van der Waals surface area contributed by atoms with Gasteiger partial charge in [-0.05, 0) is 54.0 Å². The van der Waals surface area contributed by atoms with Crippen LogP contribution in [0.3, 0.4) is 0 Å².